The Balaban J connectivity index is 1.69. The van der Waals surface area contributed by atoms with E-state index in [0.29, 0.717) is 5.92 Å². The van der Waals surface area contributed by atoms with Gasteiger partial charge in [-0.05, 0) is 54.0 Å². The quantitative estimate of drug-likeness (QED) is 0.596. The summed E-state index contributed by atoms with van der Waals surface area (Å²) in [4.78, 5) is 0. The standard InChI is InChI=1S/C20H22/c1-16-7-2-3-9-18(16)12-6-8-17-13-14-19-10-4-5-11-20(19)15-17/h4-6,8,10-11,13-15,18H,1-3,7,9,12H2/b8-6+. The normalized spacial score (nSPS) is 19.8. The summed E-state index contributed by atoms with van der Waals surface area (Å²) in [7, 11) is 0. The van der Waals surface area contributed by atoms with Crippen LogP contribution in [-0.2, 0) is 0 Å². The lowest BCUT2D eigenvalue weighted by molar-refractivity contribution is 0.459. The Labute approximate surface area is 121 Å². The van der Waals surface area contributed by atoms with E-state index in [9.17, 15) is 0 Å². The third-order valence-corrected chi connectivity index (χ3v) is 4.38. The molecule has 1 aliphatic carbocycles. The highest BCUT2D eigenvalue weighted by molar-refractivity contribution is 5.84. The summed E-state index contributed by atoms with van der Waals surface area (Å²) in [5.41, 5.74) is 2.75. The topological polar surface area (TPSA) is 0 Å². The highest BCUT2D eigenvalue weighted by atomic mass is 14.2. The van der Waals surface area contributed by atoms with Crippen LogP contribution >= 0.6 is 0 Å². The third kappa shape index (κ3) is 3.01. The first-order chi connectivity index (χ1) is 9.83. The highest BCUT2D eigenvalue weighted by Crippen LogP contribution is 2.30. The fourth-order valence-corrected chi connectivity index (χ4v) is 3.12. The maximum atomic E-state index is 4.23. The lowest BCUT2D eigenvalue weighted by Crippen LogP contribution is -2.07. The van der Waals surface area contributed by atoms with Crippen LogP contribution in [0.2, 0.25) is 0 Å². The minimum atomic E-state index is 0.709. The van der Waals surface area contributed by atoms with Crippen molar-refractivity contribution in [3.63, 3.8) is 0 Å². The van der Waals surface area contributed by atoms with Crippen LogP contribution in [-0.4, -0.2) is 0 Å². The first-order valence-electron chi connectivity index (χ1n) is 7.66. The zero-order chi connectivity index (χ0) is 13.8. The van der Waals surface area contributed by atoms with Gasteiger partial charge in [-0.25, -0.2) is 0 Å². The van der Waals surface area contributed by atoms with Crippen molar-refractivity contribution in [3.05, 3.63) is 66.3 Å². The second kappa shape index (κ2) is 6.09. The van der Waals surface area contributed by atoms with Gasteiger partial charge < -0.3 is 0 Å². The average molecular weight is 262 g/mol. The highest BCUT2D eigenvalue weighted by Gasteiger charge is 2.15. The number of allylic oxidation sites excluding steroid dienone is 2. The number of fused-ring (bicyclic) bond motifs is 1. The van der Waals surface area contributed by atoms with Crippen molar-refractivity contribution < 1.29 is 0 Å². The van der Waals surface area contributed by atoms with Gasteiger partial charge in [-0.2, -0.15) is 0 Å². The molecule has 0 amide bonds. The van der Waals surface area contributed by atoms with Crippen LogP contribution in [0.5, 0.6) is 0 Å². The lowest BCUT2D eigenvalue weighted by Gasteiger charge is -2.23. The van der Waals surface area contributed by atoms with Crippen molar-refractivity contribution in [1.82, 2.24) is 0 Å². The second-order valence-electron chi connectivity index (χ2n) is 5.85. The molecule has 1 saturated carbocycles. The molecule has 0 saturated heterocycles. The number of hydrogen-bond donors (Lipinski definition) is 0. The Bertz CT molecular complexity index is 633. The maximum absolute atomic E-state index is 4.23. The molecule has 0 heteroatoms. The van der Waals surface area contributed by atoms with Gasteiger partial charge >= 0.3 is 0 Å². The van der Waals surface area contributed by atoms with Gasteiger partial charge in [-0.15, -0.1) is 0 Å². The van der Waals surface area contributed by atoms with E-state index in [1.807, 2.05) is 0 Å². The van der Waals surface area contributed by atoms with Gasteiger partial charge in [0.05, 0.1) is 0 Å². The smallest absolute Gasteiger partial charge is 0.0171 e. The Morgan fingerprint density at radius 1 is 1.05 bits per heavy atom. The number of hydrogen-bond acceptors (Lipinski definition) is 0. The van der Waals surface area contributed by atoms with Gasteiger partial charge in [0.1, 0.15) is 0 Å². The average Bonchev–Trinajstić information content (AvgIpc) is 2.49. The molecule has 1 aliphatic rings. The molecule has 0 nitrogen and oxygen atoms in total. The van der Waals surface area contributed by atoms with Crippen molar-refractivity contribution >= 4 is 16.8 Å². The fourth-order valence-electron chi connectivity index (χ4n) is 3.12. The van der Waals surface area contributed by atoms with E-state index in [0.717, 1.165) is 6.42 Å². The lowest BCUT2D eigenvalue weighted by atomic mass is 9.83. The summed E-state index contributed by atoms with van der Waals surface area (Å²) in [5.74, 6) is 0.709. The largest absolute Gasteiger partial charge is 0.0996 e. The summed E-state index contributed by atoms with van der Waals surface area (Å²) in [6.07, 6.45) is 11.0. The van der Waals surface area contributed by atoms with E-state index in [1.165, 1.54) is 47.6 Å². The van der Waals surface area contributed by atoms with E-state index in [1.54, 1.807) is 0 Å². The molecule has 0 bridgehead atoms. The molecule has 2 aromatic rings. The van der Waals surface area contributed by atoms with Crippen molar-refractivity contribution in [2.24, 2.45) is 5.92 Å². The van der Waals surface area contributed by atoms with Crippen molar-refractivity contribution in [2.45, 2.75) is 32.1 Å². The van der Waals surface area contributed by atoms with Crippen LogP contribution < -0.4 is 0 Å². The van der Waals surface area contributed by atoms with E-state index in [4.69, 9.17) is 0 Å². The van der Waals surface area contributed by atoms with E-state index < -0.39 is 0 Å². The van der Waals surface area contributed by atoms with Crippen LogP contribution in [0.4, 0.5) is 0 Å². The van der Waals surface area contributed by atoms with Gasteiger partial charge in [0, 0.05) is 0 Å². The molecular formula is C20H22. The van der Waals surface area contributed by atoms with Crippen molar-refractivity contribution in [3.8, 4) is 0 Å². The van der Waals surface area contributed by atoms with Crippen LogP contribution in [0.25, 0.3) is 16.8 Å². The fraction of sp³-hybridized carbons (Fsp3) is 0.300. The summed E-state index contributed by atoms with van der Waals surface area (Å²) in [5, 5.41) is 2.63. The molecule has 0 radical (unpaired) electrons. The molecule has 0 heterocycles. The van der Waals surface area contributed by atoms with Crippen LogP contribution in [0, 0.1) is 5.92 Å². The van der Waals surface area contributed by atoms with Gasteiger partial charge in [-0.3, -0.25) is 0 Å². The zero-order valence-electron chi connectivity index (χ0n) is 12.0. The zero-order valence-corrected chi connectivity index (χ0v) is 12.0. The molecular weight excluding hydrogens is 240 g/mol. The third-order valence-electron chi connectivity index (χ3n) is 4.38. The SMILES string of the molecule is C=C1CCCCC1C/C=C/c1ccc2ccccc2c1. The van der Waals surface area contributed by atoms with E-state index in [-0.39, 0.29) is 0 Å². The summed E-state index contributed by atoms with van der Waals surface area (Å²) in [6, 6.07) is 15.2. The van der Waals surface area contributed by atoms with Crippen LogP contribution in [0.15, 0.2) is 60.7 Å². The Morgan fingerprint density at radius 2 is 1.90 bits per heavy atom. The molecule has 20 heavy (non-hydrogen) atoms. The molecule has 2 aromatic carbocycles. The van der Waals surface area contributed by atoms with Gasteiger partial charge in [0.2, 0.25) is 0 Å². The minimum absolute atomic E-state index is 0.709. The Hall–Kier alpha value is -1.82. The molecule has 0 spiro atoms. The maximum Gasteiger partial charge on any atom is -0.0171 e. The predicted molar refractivity (Wildman–Crippen MR) is 88.7 cm³/mol. The molecule has 3 rings (SSSR count). The van der Waals surface area contributed by atoms with Gasteiger partial charge in [0.15, 0.2) is 0 Å². The molecule has 1 unspecified atom stereocenters. The molecule has 102 valence electrons. The van der Waals surface area contributed by atoms with Gasteiger partial charge in [0.25, 0.3) is 0 Å². The number of rotatable bonds is 3. The Morgan fingerprint density at radius 3 is 2.75 bits per heavy atom. The van der Waals surface area contributed by atoms with E-state index in [2.05, 4.69) is 61.2 Å². The number of benzene rings is 2. The summed E-state index contributed by atoms with van der Waals surface area (Å²) in [6.45, 7) is 4.23. The van der Waals surface area contributed by atoms with Gasteiger partial charge in [-0.1, -0.05) is 67.1 Å². The van der Waals surface area contributed by atoms with Crippen LogP contribution in [0.3, 0.4) is 0 Å². The minimum Gasteiger partial charge on any atom is -0.0996 e. The summed E-state index contributed by atoms with van der Waals surface area (Å²) >= 11 is 0. The molecule has 0 aliphatic heterocycles. The molecule has 1 atom stereocenters. The van der Waals surface area contributed by atoms with Crippen LogP contribution in [0.1, 0.15) is 37.7 Å². The molecule has 1 fully saturated rings. The Kier molecular flexibility index (Phi) is 4.01. The second-order valence-corrected chi connectivity index (χ2v) is 5.85. The monoisotopic (exact) mass is 262 g/mol. The first kappa shape index (κ1) is 13.2. The summed E-state index contributed by atoms with van der Waals surface area (Å²) < 4.78 is 0. The van der Waals surface area contributed by atoms with Crippen molar-refractivity contribution in [1.29, 1.82) is 0 Å². The predicted octanol–water partition coefficient (Wildman–Crippen LogP) is 5.99. The first-order valence-corrected chi connectivity index (χ1v) is 7.66. The molecule has 0 N–H and O–H groups in total. The van der Waals surface area contributed by atoms with Crippen molar-refractivity contribution in [2.75, 3.05) is 0 Å². The molecule has 0 aromatic heterocycles. The van der Waals surface area contributed by atoms with E-state index >= 15 is 0 Å².